The Hall–Kier alpha value is -1.49. The van der Waals surface area contributed by atoms with Crippen molar-refractivity contribution in [2.75, 3.05) is 0 Å². The molecule has 2 aromatic rings. The van der Waals surface area contributed by atoms with Gasteiger partial charge in [0.15, 0.2) is 0 Å². The van der Waals surface area contributed by atoms with Gasteiger partial charge in [0.1, 0.15) is 0 Å². The molecule has 2 rings (SSSR count). The minimum Gasteiger partial charge on any atom is -0.268 e. The Morgan fingerprint density at radius 2 is 2.12 bits per heavy atom. The molecule has 0 fully saturated rings. The molecule has 0 aliphatic carbocycles. The van der Waals surface area contributed by atoms with Crippen molar-refractivity contribution in [3.8, 4) is 0 Å². The van der Waals surface area contributed by atoms with E-state index in [9.17, 15) is 13.2 Å². The molecular formula is C11H7ClF3N2. The lowest BCUT2D eigenvalue weighted by Crippen LogP contribution is -2.04. The van der Waals surface area contributed by atoms with Crippen LogP contribution in [0.1, 0.15) is 11.1 Å². The van der Waals surface area contributed by atoms with Gasteiger partial charge in [-0.05, 0) is 29.8 Å². The summed E-state index contributed by atoms with van der Waals surface area (Å²) in [6.45, 7) is 0.229. The van der Waals surface area contributed by atoms with Gasteiger partial charge >= 0.3 is 6.18 Å². The Morgan fingerprint density at radius 3 is 2.71 bits per heavy atom. The first kappa shape index (κ1) is 12.0. The normalized spacial score (nSPS) is 11.8. The number of nitrogens with zero attached hydrogens (tertiary/aromatic N) is 2. The van der Waals surface area contributed by atoms with Crippen molar-refractivity contribution >= 4 is 11.6 Å². The fourth-order valence-corrected chi connectivity index (χ4v) is 1.57. The highest BCUT2D eigenvalue weighted by Crippen LogP contribution is 2.28. The third-order valence-corrected chi connectivity index (χ3v) is 2.34. The van der Waals surface area contributed by atoms with Crippen LogP contribution in [0.25, 0.3) is 0 Å². The summed E-state index contributed by atoms with van der Waals surface area (Å²) in [6.07, 6.45) is -2.60. The number of rotatable bonds is 2. The molecule has 0 N–H and O–H groups in total. The molecular weight excluding hydrogens is 253 g/mol. The second-order valence-corrected chi connectivity index (χ2v) is 3.92. The van der Waals surface area contributed by atoms with Crippen LogP contribution in [0, 0.1) is 6.07 Å². The van der Waals surface area contributed by atoms with E-state index in [1.807, 2.05) is 0 Å². The van der Waals surface area contributed by atoms with Gasteiger partial charge in [-0.15, -0.1) is 0 Å². The summed E-state index contributed by atoms with van der Waals surface area (Å²) in [5, 5.41) is 4.14. The first-order valence-electron chi connectivity index (χ1n) is 4.70. The highest BCUT2D eigenvalue weighted by Gasteiger charge is 2.32. The lowest BCUT2D eigenvalue weighted by atomic mass is 10.2. The second kappa shape index (κ2) is 4.41. The Labute approximate surface area is 101 Å². The zero-order valence-corrected chi connectivity index (χ0v) is 9.26. The summed E-state index contributed by atoms with van der Waals surface area (Å²) in [5.74, 6) is 0. The Morgan fingerprint density at radius 1 is 1.35 bits per heavy atom. The number of aromatic nitrogens is 2. The predicted octanol–water partition coefficient (Wildman–Crippen LogP) is 3.40. The van der Waals surface area contributed by atoms with Crippen LogP contribution in [0.2, 0.25) is 5.02 Å². The summed E-state index contributed by atoms with van der Waals surface area (Å²) in [6, 6.07) is 7.68. The molecule has 6 heteroatoms. The molecule has 0 saturated carbocycles. The number of hydrogen-bond donors (Lipinski definition) is 0. The minimum atomic E-state index is -4.36. The average Bonchev–Trinajstić information content (AvgIpc) is 2.65. The molecule has 0 spiro atoms. The van der Waals surface area contributed by atoms with E-state index in [1.165, 1.54) is 4.68 Å². The smallest absolute Gasteiger partial charge is 0.268 e. The van der Waals surface area contributed by atoms with Crippen LogP contribution in [0.15, 0.2) is 30.6 Å². The molecule has 0 amide bonds. The van der Waals surface area contributed by atoms with Crippen molar-refractivity contribution in [1.82, 2.24) is 9.78 Å². The van der Waals surface area contributed by atoms with Gasteiger partial charge in [-0.25, -0.2) is 0 Å². The van der Waals surface area contributed by atoms with Crippen molar-refractivity contribution in [3.63, 3.8) is 0 Å². The highest BCUT2D eigenvalue weighted by molar-refractivity contribution is 6.30. The molecule has 2 nitrogen and oxygen atoms in total. The molecule has 0 bridgehead atoms. The Bertz CT molecular complexity index is 519. The predicted molar refractivity (Wildman–Crippen MR) is 56.6 cm³/mol. The summed E-state index contributed by atoms with van der Waals surface area (Å²) in [7, 11) is 0. The molecule has 0 atom stereocenters. The van der Waals surface area contributed by atoms with Crippen molar-refractivity contribution in [2.24, 2.45) is 0 Å². The van der Waals surface area contributed by atoms with Crippen LogP contribution >= 0.6 is 11.6 Å². The van der Waals surface area contributed by atoms with E-state index in [2.05, 4.69) is 11.2 Å². The van der Waals surface area contributed by atoms with Gasteiger partial charge in [0.05, 0.1) is 18.3 Å². The quantitative estimate of drug-likeness (QED) is 0.808. The van der Waals surface area contributed by atoms with E-state index in [4.69, 9.17) is 11.6 Å². The van der Waals surface area contributed by atoms with Crippen molar-refractivity contribution in [1.29, 1.82) is 0 Å². The molecule has 17 heavy (non-hydrogen) atoms. The van der Waals surface area contributed by atoms with E-state index >= 15 is 0 Å². The van der Waals surface area contributed by atoms with Gasteiger partial charge in [0.2, 0.25) is 0 Å². The minimum absolute atomic E-state index is 0.229. The van der Waals surface area contributed by atoms with Gasteiger partial charge in [-0.2, -0.15) is 18.3 Å². The van der Waals surface area contributed by atoms with E-state index in [0.29, 0.717) is 5.02 Å². The SMILES string of the molecule is FC(F)(F)c1cnn(Cc2c[c]cc(Cl)c2)c1. The average molecular weight is 260 g/mol. The first-order valence-corrected chi connectivity index (χ1v) is 5.08. The van der Waals surface area contributed by atoms with Gasteiger partial charge < -0.3 is 0 Å². The van der Waals surface area contributed by atoms with Crippen LogP contribution in [-0.2, 0) is 12.7 Å². The van der Waals surface area contributed by atoms with Crippen LogP contribution in [0.4, 0.5) is 13.2 Å². The maximum Gasteiger partial charge on any atom is 0.419 e. The molecule has 0 unspecified atom stereocenters. The summed E-state index contributed by atoms with van der Waals surface area (Å²) in [4.78, 5) is 0. The van der Waals surface area contributed by atoms with Crippen LogP contribution in [0.5, 0.6) is 0 Å². The number of benzene rings is 1. The molecule has 89 valence electrons. The fraction of sp³-hybridized carbons (Fsp3) is 0.182. The third kappa shape index (κ3) is 3.00. The van der Waals surface area contributed by atoms with Crippen molar-refractivity contribution in [2.45, 2.75) is 12.7 Å². The molecule has 1 radical (unpaired) electrons. The molecule has 0 saturated heterocycles. The molecule has 1 heterocycles. The van der Waals surface area contributed by atoms with E-state index < -0.39 is 11.7 Å². The standard InChI is InChI=1S/C11H7ClF3N2/c12-10-3-1-2-8(4-10)6-17-7-9(5-16-17)11(13,14)15/h2-5,7H,6H2. The highest BCUT2D eigenvalue weighted by atomic mass is 35.5. The summed E-state index contributed by atoms with van der Waals surface area (Å²) < 4.78 is 38.2. The molecule has 0 aliphatic rings. The van der Waals surface area contributed by atoms with Crippen molar-refractivity contribution in [3.05, 3.63) is 52.8 Å². The van der Waals surface area contributed by atoms with Gasteiger partial charge in [0, 0.05) is 11.2 Å². The Kier molecular flexibility index (Phi) is 3.11. The number of halogens is 4. The van der Waals surface area contributed by atoms with Gasteiger partial charge in [-0.1, -0.05) is 11.6 Å². The van der Waals surface area contributed by atoms with E-state index in [1.54, 1.807) is 18.2 Å². The fourth-order valence-electron chi connectivity index (χ4n) is 1.36. The molecule has 1 aromatic carbocycles. The zero-order chi connectivity index (χ0) is 12.5. The van der Waals surface area contributed by atoms with Gasteiger partial charge in [0.25, 0.3) is 0 Å². The van der Waals surface area contributed by atoms with E-state index in [-0.39, 0.29) is 6.54 Å². The monoisotopic (exact) mass is 259 g/mol. The zero-order valence-electron chi connectivity index (χ0n) is 8.50. The maximum atomic E-state index is 12.3. The first-order chi connectivity index (χ1) is 7.95. The topological polar surface area (TPSA) is 17.8 Å². The largest absolute Gasteiger partial charge is 0.419 e. The molecule has 0 aliphatic heterocycles. The third-order valence-electron chi connectivity index (χ3n) is 2.12. The number of alkyl halides is 3. The van der Waals surface area contributed by atoms with E-state index in [0.717, 1.165) is 18.0 Å². The van der Waals surface area contributed by atoms with Crippen LogP contribution in [0.3, 0.4) is 0 Å². The summed E-state index contributed by atoms with van der Waals surface area (Å²) >= 11 is 5.75. The summed E-state index contributed by atoms with van der Waals surface area (Å²) in [5.41, 5.74) is -0.0159. The van der Waals surface area contributed by atoms with Crippen molar-refractivity contribution < 1.29 is 13.2 Å². The lowest BCUT2D eigenvalue weighted by Gasteiger charge is -2.03. The van der Waals surface area contributed by atoms with Gasteiger partial charge in [-0.3, -0.25) is 4.68 Å². The maximum absolute atomic E-state index is 12.3. The molecule has 1 aromatic heterocycles. The van der Waals surface area contributed by atoms with Crippen LogP contribution < -0.4 is 0 Å². The Balaban J connectivity index is 2.17. The second-order valence-electron chi connectivity index (χ2n) is 3.48. The lowest BCUT2D eigenvalue weighted by molar-refractivity contribution is -0.137. The van der Waals surface area contributed by atoms with Crippen LogP contribution in [-0.4, -0.2) is 9.78 Å². The number of hydrogen-bond acceptors (Lipinski definition) is 1.